The van der Waals surface area contributed by atoms with Gasteiger partial charge in [-0.3, -0.25) is 4.79 Å². The van der Waals surface area contributed by atoms with E-state index in [-0.39, 0.29) is 11.6 Å². The van der Waals surface area contributed by atoms with E-state index in [0.717, 1.165) is 11.3 Å². The highest BCUT2D eigenvalue weighted by Gasteiger charge is 2.09. The van der Waals surface area contributed by atoms with Crippen molar-refractivity contribution < 1.29 is 9.32 Å². The summed E-state index contributed by atoms with van der Waals surface area (Å²) in [7, 11) is 0. The van der Waals surface area contributed by atoms with Crippen molar-refractivity contribution in [2.24, 2.45) is 0 Å². The van der Waals surface area contributed by atoms with E-state index in [9.17, 15) is 4.79 Å². The second kappa shape index (κ2) is 6.27. The lowest BCUT2D eigenvalue weighted by Crippen LogP contribution is -2.14. The van der Waals surface area contributed by atoms with Crippen molar-refractivity contribution in [2.45, 2.75) is 13.8 Å². The number of nitrogens with zero attached hydrogens (tertiary/aromatic N) is 3. The van der Waals surface area contributed by atoms with E-state index in [1.54, 1.807) is 13.0 Å². The lowest BCUT2D eigenvalue weighted by atomic mass is 10.2. The molecule has 0 saturated carbocycles. The van der Waals surface area contributed by atoms with Crippen LogP contribution in [0.15, 0.2) is 47.2 Å². The van der Waals surface area contributed by atoms with Gasteiger partial charge in [-0.1, -0.05) is 17.3 Å². The van der Waals surface area contributed by atoms with E-state index in [2.05, 4.69) is 25.8 Å². The number of carbonyl (C=O) groups excluding carboxylic acids is 1. The van der Waals surface area contributed by atoms with Crippen LogP contribution >= 0.6 is 0 Å². The summed E-state index contributed by atoms with van der Waals surface area (Å²) in [5.41, 5.74) is 2.02. The van der Waals surface area contributed by atoms with E-state index in [0.29, 0.717) is 17.4 Å². The second-order valence-electron chi connectivity index (χ2n) is 5.06. The minimum Gasteiger partial charge on any atom is -0.360 e. The van der Waals surface area contributed by atoms with Gasteiger partial charge in [0, 0.05) is 11.8 Å². The molecule has 0 aliphatic carbocycles. The Morgan fingerprint density at radius 3 is 2.61 bits per heavy atom. The molecule has 0 spiro atoms. The van der Waals surface area contributed by atoms with Gasteiger partial charge in [0.1, 0.15) is 17.3 Å². The Morgan fingerprint density at radius 2 is 1.96 bits per heavy atom. The third kappa shape index (κ3) is 3.70. The molecule has 3 rings (SSSR count). The molecule has 7 heteroatoms. The zero-order valence-electron chi connectivity index (χ0n) is 12.7. The van der Waals surface area contributed by atoms with Crippen LogP contribution in [0, 0.1) is 13.8 Å². The summed E-state index contributed by atoms with van der Waals surface area (Å²) in [6.07, 6.45) is 2.87. The first-order valence-corrected chi connectivity index (χ1v) is 7.00. The van der Waals surface area contributed by atoms with Crippen LogP contribution in [-0.2, 0) is 0 Å². The number of amides is 1. The summed E-state index contributed by atoms with van der Waals surface area (Å²) in [5.74, 6) is 1.39. The fourth-order valence-corrected chi connectivity index (χ4v) is 1.98. The minimum absolute atomic E-state index is 0.230. The van der Waals surface area contributed by atoms with E-state index >= 15 is 0 Å². The number of benzene rings is 1. The van der Waals surface area contributed by atoms with Gasteiger partial charge in [-0.15, -0.1) is 0 Å². The van der Waals surface area contributed by atoms with Crippen molar-refractivity contribution in [1.29, 1.82) is 0 Å². The Kier molecular flexibility index (Phi) is 4.01. The summed E-state index contributed by atoms with van der Waals surface area (Å²) < 4.78 is 4.95. The highest BCUT2D eigenvalue weighted by atomic mass is 16.5. The van der Waals surface area contributed by atoms with Gasteiger partial charge in [0.05, 0.1) is 12.4 Å². The Balaban J connectivity index is 1.67. The molecule has 2 N–H and O–H groups in total. The van der Waals surface area contributed by atoms with E-state index in [1.807, 2.05) is 31.2 Å². The number of nitrogens with one attached hydrogen (secondary N) is 2. The van der Waals surface area contributed by atoms with Crippen LogP contribution in [0.3, 0.4) is 0 Å². The van der Waals surface area contributed by atoms with Crippen LogP contribution < -0.4 is 10.6 Å². The Bertz CT molecular complexity index is 826. The van der Waals surface area contributed by atoms with Gasteiger partial charge in [-0.25, -0.2) is 9.97 Å². The molecule has 1 aromatic carbocycles. The maximum Gasteiger partial charge on any atom is 0.275 e. The fraction of sp³-hybridized carbons (Fsp3) is 0.125. The first-order chi connectivity index (χ1) is 11.1. The number of rotatable bonds is 4. The third-order valence-electron chi connectivity index (χ3n) is 3.04. The predicted molar refractivity (Wildman–Crippen MR) is 85.7 cm³/mol. The van der Waals surface area contributed by atoms with E-state index in [1.165, 1.54) is 12.4 Å². The van der Waals surface area contributed by atoms with Crippen LogP contribution in [-0.4, -0.2) is 21.0 Å². The molecule has 2 aromatic heterocycles. The van der Waals surface area contributed by atoms with Crippen molar-refractivity contribution in [2.75, 3.05) is 10.6 Å². The number of anilines is 3. The molecule has 3 aromatic rings. The van der Waals surface area contributed by atoms with Crippen molar-refractivity contribution in [3.05, 3.63) is 59.7 Å². The zero-order valence-corrected chi connectivity index (χ0v) is 12.7. The average Bonchev–Trinajstić information content (AvgIpc) is 2.93. The van der Waals surface area contributed by atoms with E-state index < -0.39 is 0 Å². The number of aromatic nitrogens is 3. The summed E-state index contributed by atoms with van der Waals surface area (Å²) >= 11 is 0. The molecule has 0 aliphatic heterocycles. The molecule has 0 bridgehead atoms. The number of carbonyl (C=O) groups is 1. The lowest BCUT2D eigenvalue weighted by Gasteiger charge is -2.06. The molecule has 116 valence electrons. The SMILES string of the molecule is Cc1cccc(NC(=O)c2cnc(Nc3cc(C)on3)cn2)c1. The summed E-state index contributed by atoms with van der Waals surface area (Å²) in [6.45, 7) is 3.75. The number of aryl methyl sites for hydroxylation is 2. The molecule has 7 nitrogen and oxygen atoms in total. The topological polar surface area (TPSA) is 92.9 Å². The van der Waals surface area contributed by atoms with Crippen LogP contribution in [0.25, 0.3) is 0 Å². The van der Waals surface area contributed by atoms with Crippen LogP contribution in [0.5, 0.6) is 0 Å². The Labute approximate surface area is 132 Å². The molecule has 0 aliphatic rings. The standard InChI is InChI=1S/C16H15N5O2/c1-10-4-3-5-12(6-10)19-16(22)13-8-18-15(9-17-13)20-14-7-11(2)23-21-14/h3-9H,1-2H3,(H,19,22)(H,18,20,21). The molecule has 0 radical (unpaired) electrons. The monoisotopic (exact) mass is 309 g/mol. The molecule has 1 amide bonds. The number of hydrogen-bond donors (Lipinski definition) is 2. The highest BCUT2D eigenvalue weighted by molar-refractivity contribution is 6.02. The van der Waals surface area contributed by atoms with Crippen LogP contribution in [0.1, 0.15) is 21.8 Å². The molecule has 0 fully saturated rings. The minimum atomic E-state index is -0.313. The fourth-order valence-electron chi connectivity index (χ4n) is 1.98. The number of hydrogen-bond acceptors (Lipinski definition) is 6. The van der Waals surface area contributed by atoms with Crippen LogP contribution in [0.4, 0.5) is 17.3 Å². The normalized spacial score (nSPS) is 10.3. The Hall–Kier alpha value is -3.22. The molecular formula is C16H15N5O2. The van der Waals surface area contributed by atoms with Crippen molar-refractivity contribution >= 4 is 23.2 Å². The smallest absolute Gasteiger partial charge is 0.275 e. The van der Waals surface area contributed by atoms with Gasteiger partial charge in [0.15, 0.2) is 5.82 Å². The summed E-state index contributed by atoms with van der Waals surface area (Å²) in [4.78, 5) is 20.4. The first-order valence-electron chi connectivity index (χ1n) is 7.00. The highest BCUT2D eigenvalue weighted by Crippen LogP contribution is 2.14. The van der Waals surface area contributed by atoms with Crippen LogP contribution in [0.2, 0.25) is 0 Å². The first kappa shape index (κ1) is 14.7. The zero-order chi connectivity index (χ0) is 16.2. The van der Waals surface area contributed by atoms with Crippen molar-refractivity contribution in [3.8, 4) is 0 Å². The van der Waals surface area contributed by atoms with Gasteiger partial charge >= 0.3 is 0 Å². The molecule has 0 atom stereocenters. The van der Waals surface area contributed by atoms with Crippen molar-refractivity contribution in [3.63, 3.8) is 0 Å². The maximum atomic E-state index is 12.1. The molecule has 0 saturated heterocycles. The average molecular weight is 309 g/mol. The summed E-state index contributed by atoms with van der Waals surface area (Å²) in [6, 6.07) is 9.28. The third-order valence-corrected chi connectivity index (χ3v) is 3.04. The van der Waals surface area contributed by atoms with Gasteiger partial charge in [0.2, 0.25) is 0 Å². The molecule has 2 heterocycles. The maximum absolute atomic E-state index is 12.1. The van der Waals surface area contributed by atoms with Crippen molar-refractivity contribution in [1.82, 2.24) is 15.1 Å². The quantitative estimate of drug-likeness (QED) is 0.769. The molecular weight excluding hydrogens is 294 g/mol. The Morgan fingerprint density at radius 1 is 1.09 bits per heavy atom. The van der Waals surface area contributed by atoms with E-state index in [4.69, 9.17) is 4.52 Å². The lowest BCUT2D eigenvalue weighted by molar-refractivity contribution is 0.102. The van der Waals surface area contributed by atoms with Gasteiger partial charge in [0.25, 0.3) is 5.91 Å². The molecule has 23 heavy (non-hydrogen) atoms. The van der Waals surface area contributed by atoms with Gasteiger partial charge < -0.3 is 15.2 Å². The largest absolute Gasteiger partial charge is 0.360 e. The van der Waals surface area contributed by atoms with Gasteiger partial charge in [-0.2, -0.15) is 0 Å². The van der Waals surface area contributed by atoms with Gasteiger partial charge in [-0.05, 0) is 31.5 Å². The molecule has 0 unspecified atom stereocenters. The predicted octanol–water partition coefficient (Wildman–Crippen LogP) is 3.08. The second-order valence-corrected chi connectivity index (χ2v) is 5.06. The summed E-state index contributed by atoms with van der Waals surface area (Å²) in [5, 5.41) is 9.52.